The van der Waals surface area contributed by atoms with Crippen LogP contribution in [0, 0.1) is 0 Å². The van der Waals surface area contributed by atoms with Crippen LogP contribution in [0.4, 0.5) is 26.3 Å². The average molecular weight is 277 g/mol. The summed E-state index contributed by atoms with van der Waals surface area (Å²) in [6.45, 7) is 0. The van der Waals surface area contributed by atoms with Crippen LogP contribution in [-0.2, 0) is 10.1 Å². The summed E-state index contributed by atoms with van der Waals surface area (Å²) in [5.41, 5.74) is -3.80. The number of halogens is 6. The molecule has 0 rings (SSSR count). The fourth-order valence-electron chi connectivity index (χ4n) is 0.623. The topological polar surface area (TPSA) is 89.4 Å². The summed E-state index contributed by atoms with van der Waals surface area (Å²) in [6.07, 6.45) is -15.0. The van der Waals surface area contributed by atoms with Gasteiger partial charge in [0.1, 0.15) is 0 Å². The fraction of sp³-hybridized carbons (Fsp3) is 1.00. The summed E-state index contributed by atoms with van der Waals surface area (Å²) in [4.78, 5) is 0. The molecule has 0 aromatic rings. The van der Waals surface area contributed by atoms with Gasteiger partial charge in [0.25, 0.3) is 11.9 Å². The van der Waals surface area contributed by atoms with Crippen molar-refractivity contribution in [3.63, 3.8) is 0 Å². The van der Waals surface area contributed by atoms with Crippen molar-refractivity contribution in [3.8, 4) is 0 Å². The largest absolute Gasteiger partial charge is 0.344 e. The Morgan fingerprint density at radius 1 is 0.812 bits per heavy atom. The molecule has 0 aromatic heterocycles. The first-order valence-corrected chi connectivity index (χ1v) is 4.90. The van der Waals surface area contributed by atoms with E-state index in [0.29, 0.717) is 0 Å². The minimum atomic E-state index is -5.60. The molecule has 0 bridgehead atoms. The van der Waals surface area contributed by atoms with Crippen LogP contribution in [0.25, 0.3) is 0 Å². The Morgan fingerprint density at radius 3 is 1.44 bits per heavy atom. The predicted octanol–water partition coefficient (Wildman–Crippen LogP) is 1.61. The Hall–Kier alpha value is -0.550. The minimum Gasteiger partial charge on any atom is -0.344 e. The van der Waals surface area contributed by atoms with Crippen molar-refractivity contribution in [3.05, 3.63) is 0 Å². The van der Waals surface area contributed by atoms with Gasteiger partial charge in [0, 0.05) is 0 Å². The van der Waals surface area contributed by atoms with Crippen LogP contribution in [0.5, 0.6) is 0 Å². The van der Waals surface area contributed by atoms with Gasteiger partial charge in [-0.25, -0.2) is 26.3 Å². The highest BCUT2D eigenvalue weighted by Gasteiger charge is 2.45. The van der Waals surface area contributed by atoms with E-state index in [2.05, 4.69) is 0 Å². The molecule has 0 aromatic carbocycles. The molecular formula is C5H9F6NO3S. The lowest BCUT2D eigenvalue weighted by Gasteiger charge is -2.18. The van der Waals surface area contributed by atoms with Gasteiger partial charge in [-0.1, -0.05) is 0 Å². The number of alkyl halides is 6. The maximum absolute atomic E-state index is 12.4. The molecule has 0 heterocycles. The van der Waals surface area contributed by atoms with Gasteiger partial charge in [0.15, 0.2) is 18.5 Å². The number of hydrogen-bond donors (Lipinski definition) is 2. The van der Waals surface area contributed by atoms with E-state index in [1.54, 1.807) is 0 Å². The van der Waals surface area contributed by atoms with Crippen LogP contribution in [0.3, 0.4) is 0 Å². The van der Waals surface area contributed by atoms with Gasteiger partial charge in [-0.2, -0.15) is 8.42 Å². The number of hydrogen-bond acceptors (Lipinski definition) is 3. The minimum absolute atomic E-state index is 0. The molecule has 4 unspecified atom stereocenters. The molecule has 4 N–H and O–H groups in total. The molecule has 0 fully saturated rings. The predicted molar refractivity (Wildman–Crippen MR) is 42.2 cm³/mol. The Bertz CT molecular complexity index is 299. The first-order valence-electron chi connectivity index (χ1n) is 3.39. The Labute approximate surface area is 87.0 Å². The summed E-state index contributed by atoms with van der Waals surface area (Å²) in [5.74, 6) is 0. The van der Waals surface area contributed by atoms with Crippen LogP contribution < -0.4 is 6.15 Å². The van der Waals surface area contributed by atoms with Crippen molar-refractivity contribution in [1.29, 1.82) is 0 Å². The molecule has 4 nitrogen and oxygen atoms in total. The van der Waals surface area contributed by atoms with Crippen LogP contribution >= 0.6 is 0 Å². The van der Waals surface area contributed by atoms with Gasteiger partial charge in [-0.15, -0.1) is 0 Å². The molecule has 100 valence electrons. The highest BCUT2D eigenvalue weighted by atomic mass is 32.2. The molecular weight excluding hydrogens is 268 g/mol. The number of rotatable bonds is 5. The van der Waals surface area contributed by atoms with E-state index in [1.165, 1.54) is 0 Å². The lowest BCUT2D eigenvalue weighted by atomic mass is 10.2. The second-order valence-electron chi connectivity index (χ2n) is 2.53. The lowest BCUT2D eigenvalue weighted by molar-refractivity contribution is -0.0317. The van der Waals surface area contributed by atoms with Crippen LogP contribution in [-0.4, -0.2) is 43.4 Å². The van der Waals surface area contributed by atoms with Crippen molar-refractivity contribution in [2.45, 2.75) is 30.4 Å². The van der Waals surface area contributed by atoms with E-state index in [-0.39, 0.29) is 6.15 Å². The summed E-state index contributed by atoms with van der Waals surface area (Å²) < 4.78 is 100.0. The van der Waals surface area contributed by atoms with Gasteiger partial charge < -0.3 is 6.15 Å². The molecule has 11 heteroatoms. The van der Waals surface area contributed by atoms with Gasteiger partial charge in [-0.3, -0.25) is 4.55 Å². The highest BCUT2D eigenvalue weighted by Crippen LogP contribution is 2.23. The molecule has 0 aliphatic heterocycles. The first kappa shape index (κ1) is 17.8. The summed E-state index contributed by atoms with van der Waals surface area (Å²) in [6, 6.07) is 0. The molecule has 0 spiro atoms. The normalized spacial score (nSPS) is 19.8. The lowest BCUT2D eigenvalue weighted by Crippen LogP contribution is -2.41. The van der Waals surface area contributed by atoms with Gasteiger partial charge in [-0.05, 0) is 0 Å². The maximum atomic E-state index is 12.4. The Morgan fingerprint density at radius 2 is 1.19 bits per heavy atom. The summed E-state index contributed by atoms with van der Waals surface area (Å²) in [7, 11) is -5.60. The highest BCUT2D eigenvalue weighted by molar-refractivity contribution is 7.86. The quantitative estimate of drug-likeness (QED) is 0.590. The Kier molecular flexibility index (Phi) is 6.97. The van der Waals surface area contributed by atoms with E-state index in [9.17, 15) is 34.8 Å². The molecule has 0 saturated carbocycles. The van der Waals surface area contributed by atoms with E-state index < -0.39 is 40.6 Å². The van der Waals surface area contributed by atoms with Crippen LogP contribution in [0.15, 0.2) is 0 Å². The zero-order chi connectivity index (χ0) is 12.4. The molecule has 0 amide bonds. The van der Waals surface area contributed by atoms with E-state index in [4.69, 9.17) is 4.55 Å². The Balaban J connectivity index is 0. The molecule has 0 aliphatic rings. The van der Waals surface area contributed by atoms with Gasteiger partial charge in [0.05, 0.1) is 0 Å². The van der Waals surface area contributed by atoms with Gasteiger partial charge in [0.2, 0.25) is 0 Å². The molecule has 0 radical (unpaired) electrons. The van der Waals surface area contributed by atoms with Crippen molar-refractivity contribution in [1.82, 2.24) is 6.15 Å². The zero-order valence-electron chi connectivity index (χ0n) is 7.53. The summed E-state index contributed by atoms with van der Waals surface area (Å²) >= 11 is 0. The summed E-state index contributed by atoms with van der Waals surface area (Å²) in [5, 5.41) is 0. The van der Waals surface area contributed by atoms with Crippen molar-refractivity contribution < 1.29 is 39.3 Å². The van der Waals surface area contributed by atoms with Crippen molar-refractivity contribution >= 4 is 10.1 Å². The fourth-order valence-corrected chi connectivity index (χ4v) is 1.10. The third-order valence-corrected chi connectivity index (χ3v) is 2.21. The third-order valence-electron chi connectivity index (χ3n) is 1.38. The van der Waals surface area contributed by atoms with Crippen molar-refractivity contribution in [2.75, 3.05) is 0 Å². The second-order valence-corrected chi connectivity index (χ2v) is 4.01. The monoisotopic (exact) mass is 277 g/mol. The average Bonchev–Trinajstić information content (AvgIpc) is 2.11. The molecule has 4 atom stereocenters. The zero-order valence-corrected chi connectivity index (χ0v) is 8.35. The molecule has 0 saturated heterocycles. The standard InChI is InChI=1S/C5H6F6O3S.H3N/c6-1(2(7)4(9)10)3(8)5(11)15(12,13)14;/h1-5H,(H,12,13,14);1H3. The smallest absolute Gasteiger partial charge is 0.300 e. The van der Waals surface area contributed by atoms with E-state index in [1.807, 2.05) is 0 Å². The third kappa shape index (κ3) is 4.53. The maximum Gasteiger partial charge on any atom is 0.300 e. The van der Waals surface area contributed by atoms with Crippen molar-refractivity contribution in [2.24, 2.45) is 0 Å². The van der Waals surface area contributed by atoms with Crippen LogP contribution in [0.1, 0.15) is 0 Å². The van der Waals surface area contributed by atoms with E-state index in [0.717, 1.165) is 0 Å². The van der Waals surface area contributed by atoms with E-state index >= 15 is 0 Å². The molecule has 16 heavy (non-hydrogen) atoms. The second kappa shape index (κ2) is 6.25. The van der Waals surface area contributed by atoms with Gasteiger partial charge >= 0.3 is 10.1 Å². The van der Waals surface area contributed by atoms with Crippen LogP contribution in [0.2, 0.25) is 0 Å². The SMILES string of the molecule is N.O=S(=O)(O)C(F)C(F)C(F)C(F)C(F)F. The first-order chi connectivity index (χ1) is 6.59. The molecule has 0 aliphatic carbocycles.